The summed E-state index contributed by atoms with van der Waals surface area (Å²) in [5.41, 5.74) is 6.45. The lowest BCUT2D eigenvalue weighted by atomic mass is 10.2. The second-order valence-corrected chi connectivity index (χ2v) is 3.60. The summed E-state index contributed by atoms with van der Waals surface area (Å²) >= 11 is 3.26. The van der Waals surface area contributed by atoms with Gasteiger partial charge in [-0.1, -0.05) is 0 Å². The van der Waals surface area contributed by atoms with Crippen molar-refractivity contribution in [3.63, 3.8) is 0 Å². The molecule has 0 unspecified atom stereocenters. The molecule has 1 aromatic rings. The topological polar surface area (TPSA) is 61.5 Å². The number of rotatable bonds is 3. The number of benzene rings is 1. The van der Waals surface area contributed by atoms with Gasteiger partial charge in [0.25, 0.3) is 0 Å². The molecule has 0 aliphatic rings. The third-order valence-corrected chi connectivity index (χ3v) is 2.59. The van der Waals surface area contributed by atoms with Crippen molar-refractivity contribution in [1.82, 2.24) is 0 Å². The van der Waals surface area contributed by atoms with E-state index in [1.165, 1.54) is 7.11 Å². The molecule has 0 saturated heterocycles. The molecule has 0 amide bonds. The predicted octanol–water partition coefficient (Wildman–Crippen LogP) is 2.22. The van der Waals surface area contributed by atoms with Gasteiger partial charge in [-0.3, -0.25) is 0 Å². The summed E-state index contributed by atoms with van der Waals surface area (Å²) in [7, 11) is 1.51. The van der Waals surface area contributed by atoms with E-state index in [0.717, 1.165) is 0 Å². The minimum Gasteiger partial charge on any atom is -0.495 e. The number of carbonyl (C=O) groups is 1. The molecule has 2 N–H and O–H groups in total. The van der Waals surface area contributed by atoms with E-state index in [1.807, 2.05) is 0 Å². The maximum atomic E-state index is 11.5. The van der Waals surface area contributed by atoms with Gasteiger partial charge in [0.05, 0.1) is 23.8 Å². The van der Waals surface area contributed by atoms with Crippen molar-refractivity contribution in [2.45, 2.75) is 6.92 Å². The van der Waals surface area contributed by atoms with Crippen LogP contribution in [0.1, 0.15) is 17.3 Å². The van der Waals surface area contributed by atoms with Crippen LogP contribution in [-0.4, -0.2) is 19.7 Å². The molecule has 0 aliphatic carbocycles. The Morgan fingerprint density at radius 3 is 2.73 bits per heavy atom. The number of halogens is 1. The Labute approximate surface area is 96.5 Å². The fraction of sp³-hybridized carbons (Fsp3) is 0.300. The minimum atomic E-state index is -0.421. The van der Waals surface area contributed by atoms with Gasteiger partial charge in [-0.05, 0) is 28.9 Å². The van der Waals surface area contributed by atoms with Crippen LogP contribution < -0.4 is 10.5 Å². The number of ether oxygens (including phenoxy) is 2. The zero-order chi connectivity index (χ0) is 11.4. The fourth-order valence-electron chi connectivity index (χ4n) is 1.13. The molecule has 82 valence electrons. The van der Waals surface area contributed by atoms with Gasteiger partial charge >= 0.3 is 5.97 Å². The van der Waals surface area contributed by atoms with Crippen molar-refractivity contribution < 1.29 is 14.3 Å². The van der Waals surface area contributed by atoms with E-state index >= 15 is 0 Å². The molecule has 0 aromatic heterocycles. The van der Waals surface area contributed by atoms with Crippen molar-refractivity contribution in [2.24, 2.45) is 0 Å². The van der Waals surface area contributed by atoms with Crippen LogP contribution in [0.25, 0.3) is 0 Å². The van der Waals surface area contributed by atoms with Gasteiger partial charge in [-0.15, -0.1) is 0 Å². The van der Waals surface area contributed by atoms with Gasteiger partial charge in [0, 0.05) is 11.8 Å². The Hall–Kier alpha value is -1.23. The molecular weight excluding hydrogens is 262 g/mol. The molecule has 5 heteroatoms. The zero-order valence-electron chi connectivity index (χ0n) is 8.54. The molecule has 0 radical (unpaired) electrons. The zero-order valence-corrected chi connectivity index (χ0v) is 10.1. The van der Waals surface area contributed by atoms with Crippen LogP contribution in [0.2, 0.25) is 0 Å². The number of nitrogen functional groups attached to an aromatic ring is 1. The molecule has 0 bridgehead atoms. The van der Waals surface area contributed by atoms with Crippen molar-refractivity contribution in [3.8, 4) is 5.75 Å². The molecular formula is C10H12BrNO3. The largest absolute Gasteiger partial charge is 0.495 e. The Kier molecular flexibility index (Phi) is 3.96. The van der Waals surface area contributed by atoms with Crippen molar-refractivity contribution in [2.75, 3.05) is 19.5 Å². The van der Waals surface area contributed by atoms with Crippen LogP contribution >= 0.6 is 15.9 Å². The van der Waals surface area contributed by atoms with Crippen molar-refractivity contribution in [3.05, 3.63) is 22.2 Å². The molecule has 0 atom stereocenters. The van der Waals surface area contributed by atoms with Crippen LogP contribution in [0.15, 0.2) is 16.6 Å². The minimum absolute atomic E-state index is 0.322. The normalized spacial score (nSPS) is 9.80. The molecule has 15 heavy (non-hydrogen) atoms. The van der Waals surface area contributed by atoms with E-state index in [2.05, 4.69) is 15.9 Å². The van der Waals surface area contributed by atoms with Crippen LogP contribution in [0, 0.1) is 0 Å². The lowest BCUT2D eigenvalue weighted by molar-refractivity contribution is 0.0525. The standard InChI is InChI=1S/C10H12BrNO3/c1-3-15-10(13)7-4-6(12)5-8(14-2)9(7)11/h4-5H,3,12H2,1-2H3. The highest BCUT2D eigenvalue weighted by Gasteiger charge is 2.15. The highest BCUT2D eigenvalue weighted by molar-refractivity contribution is 9.10. The Morgan fingerprint density at radius 1 is 1.53 bits per heavy atom. The third-order valence-electron chi connectivity index (χ3n) is 1.78. The lowest BCUT2D eigenvalue weighted by Gasteiger charge is -2.09. The number of hydrogen-bond donors (Lipinski definition) is 1. The highest BCUT2D eigenvalue weighted by Crippen LogP contribution is 2.31. The van der Waals surface area contributed by atoms with Crippen molar-refractivity contribution >= 4 is 27.6 Å². The Morgan fingerprint density at radius 2 is 2.20 bits per heavy atom. The fourth-order valence-corrected chi connectivity index (χ4v) is 1.68. The molecule has 1 aromatic carbocycles. The maximum Gasteiger partial charge on any atom is 0.339 e. The van der Waals surface area contributed by atoms with Gasteiger partial charge < -0.3 is 15.2 Å². The van der Waals surface area contributed by atoms with E-state index in [4.69, 9.17) is 15.2 Å². The first kappa shape index (κ1) is 11.8. The molecule has 0 fully saturated rings. The second kappa shape index (κ2) is 5.02. The number of nitrogens with two attached hydrogens (primary N) is 1. The van der Waals surface area contributed by atoms with Gasteiger partial charge in [0.15, 0.2) is 0 Å². The molecule has 4 nitrogen and oxygen atoms in total. The smallest absolute Gasteiger partial charge is 0.339 e. The first-order valence-corrected chi connectivity index (χ1v) is 5.19. The lowest BCUT2D eigenvalue weighted by Crippen LogP contribution is -2.07. The number of hydrogen-bond acceptors (Lipinski definition) is 4. The number of carbonyl (C=O) groups excluding carboxylic acids is 1. The van der Waals surface area contributed by atoms with E-state index in [0.29, 0.717) is 28.1 Å². The van der Waals surface area contributed by atoms with Crippen LogP contribution in [0.5, 0.6) is 5.75 Å². The molecule has 1 rings (SSSR count). The highest BCUT2D eigenvalue weighted by atomic mass is 79.9. The maximum absolute atomic E-state index is 11.5. The summed E-state index contributed by atoms with van der Waals surface area (Å²) in [6.07, 6.45) is 0. The van der Waals surface area contributed by atoms with Crippen molar-refractivity contribution in [1.29, 1.82) is 0 Å². The summed E-state index contributed by atoms with van der Waals surface area (Å²) in [6, 6.07) is 3.18. The van der Waals surface area contributed by atoms with E-state index in [9.17, 15) is 4.79 Å². The summed E-state index contributed by atoms with van der Waals surface area (Å²) < 4.78 is 10.5. The average Bonchev–Trinajstić information content (AvgIpc) is 2.21. The third kappa shape index (κ3) is 2.62. The second-order valence-electron chi connectivity index (χ2n) is 2.81. The van der Waals surface area contributed by atoms with Crippen LogP contribution in [0.3, 0.4) is 0 Å². The van der Waals surface area contributed by atoms with Gasteiger partial charge in [0.1, 0.15) is 5.75 Å². The molecule has 0 heterocycles. The van der Waals surface area contributed by atoms with E-state index in [-0.39, 0.29) is 0 Å². The van der Waals surface area contributed by atoms with Crippen LogP contribution in [-0.2, 0) is 4.74 Å². The number of methoxy groups -OCH3 is 1. The quantitative estimate of drug-likeness (QED) is 0.678. The first-order valence-electron chi connectivity index (χ1n) is 4.40. The summed E-state index contributed by atoms with van der Waals surface area (Å²) in [4.78, 5) is 11.5. The van der Waals surface area contributed by atoms with Gasteiger partial charge in [-0.2, -0.15) is 0 Å². The summed E-state index contributed by atoms with van der Waals surface area (Å²) in [5, 5.41) is 0. The van der Waals surface area contributed by atoms with Gasteiger partial charge in [0.2, 0.25) is 0 Å². The Bertz CT molecular complexity index is 379. The van der Waals surface area contributed by atoms with E-state index < -0.39 is 5.97 Å². The molecule has 0 spiro atoms. The molecule has 0 saturated carbocycles. The van der Waals surface area contributed by atoms with Gasteiger partial charge in [-0.25, -0.2) is 4.79 Å². The average molecular weight is 274 g/mol. The molecule has 0 aliphatic heterocycles. The number of anilines is 1. The van der Waals surface area contributed by atoms with Crippen LogP contribution in [0.4, 0.5) is 5.69 Å². The predicted molar refractivity (Wildman–Crippen MR) is 61.1 cm³/mol. The SMILES string of the molecule is CCOC(=O)c1cc(N)cc(OC)c1Br. The Balaban J connectivity index is 3.17. The van der Waals surface area contributed by atoms with E-state index in [1.54, 1.807) is 19.1 Å². The number of esters is 1. The first-order chi connectivity index (χ1) is 7.10. The monoisotopic (exact) mass is 273 g/mol. The summed E-state index contributed by atoms with van der Waals surface area (Å²) in [5.74, 6) is 0.0908. The summed E-state index contributed by atoms with van der Waals surface area (Å²) in [6.45, 7) is 2.07.